The largest absolute Gasteiger partial charge is 0.356 e. The van der Waals surface area contributed by atoms with Gasteiger partial charge in [0.15, 0.2) is 5.96 Å². The molecule has 7 heteroatoms. The fourth-order valence-corrected chi connectivity index (χ4v) is 4.17. The molecule has 0 radical (unpaired) electrons. The molecule has 1 aromatic carbocycles. The van der Waals surface area contributed by atoms with E-state index in [1.807, 2.05) is 0 Å². The van der Waals surface area contributed by atoms with Gasteiger partial charge in [0.2, 0.25) is 0 Å². The van der Waals surface area contributed by atoms with Crippen molar-refractivity contribution in [1.82, 2.24) is 15.5 Å². The molecule has 3 rings (SSSR count). The summed E-state index contributed by atoms with van der Waals surface area (Å²) in [7, 11) is 1.76. The van der Waals surface area contributed by atoms with Crippen LogP contribution in [0.5, 0.6) is 0 Å². The molecule has 0 spiro atoms. The Morgan fingerprint density at radius 2 is 1.72 bits per heavy atom. The lowest BCUT2D eigenvalue weighted by Crippen LogP contribution is -2.43. The number of benzene rings is 1. The van der Waals surface area contributed by atoms with Crippen LogP contribution in [-0.4, -0.2) is 49.4 Å². The first kappa shape index (κ1) is 21.0. The van der Waals surface area contributed by atoms with Crippen molar-refractivity contribution in [3.8, 4) is 0 Å². The number of fused-ring (bicyclic) bond motifs is 1. The second-order valence-corrected chi connectivity index (χ2v) is 8.68. The van der Waals surface area contributed by atoms with Gasteiger partial charge in [-0.2, -0.15) is 0 Å². The number of hydrogen-bond acceptors (Lipinski definition) is 4. The van der Waals surface area contributed by atoms with E-state index >= 15 is 0 Å². The van der Waals surface area contributed by atoms with E-state index in [1.54, 1.807) is 42.6 Å². The van der Waals surface area contributed by atoms with Crippen molar-refractivity contribution in [2.75, 3.05) is 26.7 Å². The summed E-state index contributed by atoms with van der Waals surface area (Å²) in [6, 6.07) is 11.2. The summed E-state index contributed by atoms with van der Waals surface area (Å²) in [5, 5.41) is 8.78. The molecule has 0 atom stereocenters. The molecule has 29 heavy (non-hydrogen) atoms. The molecule has 2 aromatic rings. The van der Waals surface area contributed by atoms with E-state index in [4.69, 9.17) is 0 Å². The second kappa shape index (κ2) is 9.22. The van der Waals surface area contributed by atoms with Crippen molar-refractivity contribution >= 4 is 29.1 Å². The van der Waals surface area contributed by atoms with Crippen molar-refractivity contribution in [3.63, 3.8) is 0 Å². The number of nitrogens with one attached hydrogen (secondary N) is 2. The summed E-state index contributed by atoms with van der Waals surface area (Å²) < 4.78 is 0. The average molecular weight is 413 g/mol. The first-order valence-electron chi connectivity index (χ1n) is 9.88. The third-order valence-corrected chi connectivity index (χ3v) is 6.32. The van der Waals surface area contributed by atoms with Crippen LogP contribution >= 0.6 is 11.3 Å². The molecule has 0 bridgehead atoms. The topological polar surface area (TPSA) is 73.8 Å². The van der Waals surface area contributed by atoms with Crippen LogP contribution in [-0.2, 0) is 5.41 Å². The molecule has 6 nitrogen and oxygen atoms in total. The first-order chi connectivity index (χ1) is 13.9. The van der Waals surface area contributed by atoms with Gasteiger partial charge in [-0.05, 0) is 36.4 Å². The zero-order chi connectivity index (χ0) is 20.9. The smallest absolute Gasteiger partial charge is 0.261 e. The summed E-state index contributed by atoms with van der Waals surface area (Å²) in [5.41, 5.74) is 1.04. The molecule has 0 fully saturated rings. The van der Waals surface area contributed by atoms with Gasteiger partial charge in [0.1, 0.15) is 0 Å². The van der Waals surface area contributed by atoms with E-state index in [2.05, 4.69) is 47.0 Å². The Morgan fingerprint density at radius 3 is 2.31 bits per heavy atom. The van der Waals surface area contributed by atoms with Crippen LogP contribution in [0.4, 0.5) is 0 Å². The Hall–Kier alpha value is -2.67. The molecule has 1 aliphatic heterocycles. The van der Waals surface area contributed by atoms with E-state index in [9.17, 15) is 9.59 Å². The highest BCUT2D eigenvalue weighted by Crippen LogP contribution is 2.26. The lowest BCUT2D eigenvalue weighted by Gasteiger charge is -2.25. The van der Waals surface area contributed by atoms with Gasteiger partial charge in [0.25, 0.3) is 11.8 Å². The Bertz CT molecular complexity index is 855. The van der Waals surface area contributed by atoms with Crippen molar-refractivity contribution in [3.05, 3.63) is 57.8 Å². The Morgan fingerprint density at radius 1 is 1.03 bits per heavy atom. The van der Waals surface area contributed by atoms with Crippen LogP contribution in [0.3, 0.4) is 0 Å². The minimum Gasteiger partial charge on any atom is -0.356 e. The maximum Gasteiger partial charge on any atom is 0.261 e. The quantitative estimate of drug-likeness (QED) is 0.302. The number of aliphatic imine (C=N–C) groups is 1. The summed E-state index contributed by atoms with van der Waals surface area (Å²) in [4.78, 5) is 31.7. The molecule has 0 saturated carbocycles. The zero-order valence-corrected chi connectivity index (χ0v) is 18.0. The van der Waals surface area contributed by atoms with Crippen molar-refractivity contribution in [2.24, 2.45) is 4.99 Å². The molecule has 2 amide bonds. The first-order valence-corrected chi connectivity index (χ1v) is 10.8. The van der Waals surface area contributed by atoms with Crippen molar-refractivity contribution < 1.29 is 9.59 Å². The fourth-order valence-electron chi connectivity index (χ4n) is 3.32. The maximum absolute atomic E-state index is 12.4. The lowest BCUT2D eigenvalue weighted by molar-refractivity contribution is 0.0652. The normalized spacial score (nSPS) is 14.3. The summed E-state index contributed by atoms with van der Waals surface area (Å²) in [5.74, 6) is 0.383. The number of imide groups is 1. The molecule has 1 aromatic heterocycles. The van der Waals surface area contributed by atoms with Gasteiger partial charge in [-0.15, -0.1) is 11.3 Å². The van der Waals surface area contributed by atoms with Gasteiger partial charge in [-0.3, -0.25) is 19.5 Å². The Kier molecular flexibility index (Phi) is 6.69. The van der Waals surface area contributed by atoms with E-state index in [1.165, 1.54) is 9.78 Å². The highest BCUT2D eigenvalue weighted by atomic mass is 32.1. The Labute approximate surface area is 176 Å². The predicted molar refractivity (Wildman–Crippen MR) is 118 cm³/mol. The highest BCUT2D eigenvalue weighted by Gasteiger charge is 2.34. The van der Waals surface area contributed by atoms with Gasteiger partial charge in [-0.25, -0.2) is 0 Å². The van der Waals surface area contributed by atoms with Gasteiger partial charge >= 0.3 is 0 Å². The fraction of sp³-hybridized carbons (Fsp3) is 0.409. The number of carbonyl (C=O) groups is 2. The zero-order valence-electron chi connectivity index (χ0n) is 17.2. The second-order valence-electron chi connectivity index (χ2n) is 7.73. The SMILES string of the molecule is CN=C(NCCCCN1C(=O)c2ccccc2C1=O)NCC(C)(C)c1cccs1. The minimum atomic E-state index is -0.188. The van der Waals surface area contributed by atoms with E-state index < -0.39 is 0 Å². The number of guanidine groups is 1. The number of carbonyl (C=O) groups excluding carboxylic acids is 2. The summed E-state index contributed by atoms with van der Waals surface area (Å²) in [6.45, 7) is 6.36. The van der Waals surface area contributed by atoms with E-state index in [-0.39, 0.29) is 17.2 Å². The van der Waals surface area contributed by atoms with Gasteiger partial charge in [-0.1, -0.05) is 32.0 Å². The average Bonchev–Trinajstić information content (AvgIpc) is 3.34. The van der Waals surface area contributed by atoms with Gasteiger partial charge in [0.05, 0.1) is 11.1 Å². The molecule has 154 valence electrons. The Balaban J connectivity index is 1.39. The molecule has 0 saturated heterocycles. The number of nitrogens with zero attached hydrogens (tertiary/aromatic N) is 2. The van der Waals surface area contributed by atoms with E-state index in [0.29, 0.717) is 17.7 Å². The number of rotatable bonds is 8. The predicted octanol–water partition coefficient (Wildman–Crippen LogP) is 3.27. The summed E-state index contributed by atoms with van der Waals surface area (Å²) >= 11 is 1.76. The maximum atomic E-state index is 12.4. The number of unbranched alkanes of at least 4 members (excludes halogenated alkanes) is 1. The van der Waals surface area contributed by atoms with E-state index in [0.717, 1.165) is 31.9 Å². The molecular weight excluding hydrogens is 384 g/mol. The monoisotopic (exact) mass is 412 g/mol. The van der Waals surface area contributed by atoms with Crippen LogP contribution in [0.25, 0.3) is 0 Å². The standard InChI is InChI=1S/C22H28N4O2S/c1-22(2,18-11-8-14-29-18)15-25-21(23-3)24-12-6-7-13-26-19(27)16-9-4-5-10-17(16)20(26)28/h4-5,8-11,14H,6-7,12-13,15H2,1-3H3,(H2,23,24,25). The third kappa shape index (κ3) is 4.85. The van der Waals surface area contributed by atoms with Gasteiger partial charge in [0, 0.05) is 37.0 Å². The molecule has 0 unspecified atom stereocenters. The van der Waals surface area contributed by atoms with Crippen LogP contribution in [0.2, 0.25) is 0 Å². The molecule has 2 heterocycles. The van der Waals surface area contributed by atoms with Crippen LogP contribution in [0.15, 0.2) is 46.8 Å². The van der Waals surface area contributed by atoms with Crippen LogP contribution in [0.1, 0.15) is 52.3 Å². The highest BCUT2D eigenvalue weighted by molar-refractivity contribution is 7.10. The van der Waals surface area contributed by atoms with Crippen molar-refractivity contribution in [1.29, 1.82) is 0 Å². The molecule has 2 N–H and O–H groups in total. The number of thiophene rings is 1. The van der Waals surface area contributed by atoms with Crippen LogP contribution in [0, 0.1) is 0 Å². The van der Waals surface area contributed by atoms with Crippen LogP contribution < -0.4 is 10.6 Å². The molecule has 0 aliphatic carbocycles. The minimum absolute atomic E-state index is 0.0251. The van der Waals surface area contributed by atoms with Crippen molar-refractivity contribution in [2.45, 2.75) is 32.1 Å². The number of hydrogen-bond donors (Lipinski definition) is 2. The summed E-state index contributed by atoms with van der Waals surface area (Å²) in [6.07, 6.45) is 1.58. The molecular formula is C22H28N4O2S. The van der Waals surface area contributed by atoms with Gasteiger partial charge < -0.3 is 10.6 Å². The number of amides is 2. The third-order valence-electron chi connectivity index (χ3n) is 5.09. The lowest BCUT2D eigenvalue weighted by atomic mass is 9.91. The molecule has 1 aliphatic rings.